The summed E-state index contributed by atoms with van der Waals surface area (Å²) in [5.74, 6) is -1.10. The van der Waals surface area contributed by atoms with Crippen LogP contribution < -0.4 is 0 Å². The summed E-state index contributed by atoms with van der Waals surface area (Å²) in [7, 11) is 0. The molecule has 0 radical (unpaired) electrons. The molecule has 0 atom stereocenters. The van der Waals surface area contributed by atoms with Gasteiger partial charge in [0.15, 0.2) is 0 Å². The number of rotatable bonds is 7. The van der Waals surface area contributed by atoms with Crippen molar-refractivity contribution in [1.82, 2.24) is 0 Å². The van der Waals surface area contributed by atoms with Crippen LogP contribution in [0.2, 0.25) is 0 Å². The highest BCUT2D eigenvalue weighted by Gasteiger charge is 2.09. The van der Waals surface area contributed by atoms with Gasteiger partial charge in [-0.05, 0) is 29.7 Å². The van der Waals surface area contributed by atoms with Crippen molar-refractivity contribution in [2.24, 2.45) is 0 Å². The second kappa shape index (κ2) is 7.27. The molecule has 1 N–H and O–H groups in total. The molecular formula is C13H15NO5. The van der Waals surface area contributed by atoms with E-state index in [1.807, 2.05) is 6.92 Å². The fraction of sp³-hybridized carbons (Fsp3) is 0.308. The summed E-state index contributed by atoms with van der Waals surface area (Å²) >= 11 is 0. The van der Waals surface area contributed by atoms with Crippen molar-refractivity contribution < 1.29 is 19.6 Å². The maximum Gasteiger partial charge on any atom is 0.328 e. The van der Waals surface area contributed by atoms with Crippen LogP contribution in [0.3, 0.4) is 0 Å². The maximum absolute atomic E-state index is 10.7. The van der Waals surface area contributed by atoms with Crippen molar-refractivity contribution in [3.63, 3.8) is 0 Å². The predicted octanol–water partition coefficient (Wildman–Crippen LogP) is 2.62. The second-order valence-corrected chi connectivity index (χ2v) is 3.86. The third kappa shape index (κ3) is 4.89. The van der Waals surface area contributed by atoms with Gasteiger partial charge in [-0.25, -0.2) is 4.79 Å². The quantitative estimate of drug-likeness (QED) is 0.354. The van der Waals surface area contributed by atoms with Crippen molar-refractivity contribution in [2.75, 3.05) is 6.61 Å². The first kappa shape index (κ1) is 14.8. The van der Waals surface area contributed by atoms with Crippen LogP contribution in [0.1, 0.15) is 24.5 Å². The molecule has 0 aliphatic rings. The van der Waals surface area contributed by atoms with Gasteiger partial charge in [0.2, 0.25) is 0 Å². The molecule has 0 saturated carbocycles. The monoisotopic (exact) mass is 265 g/mol. The molecular weight excluding hydrogens is 250 g/mol. The van der Waals surface area contributed by atoms with Gasteiger partial charge < -0.3 is 9.84 Å². The minimum absolute atomic E-state index is 0.0794. The summed E-state index contributed by atoms with van der Waals surface area (Å²) in [6, 6.07) is 4.29. The van der Waals surface area contributed by atoms with Gasteiger partial charge in [0.1, 0.15) is 0 Å². The third-order valence-corrected chi connectivity index (χ3v) is 2.35. The zero-order chi connectivity index (χ0) is 14.3. The number of aliphatic carboxylic acids is 1. The lowest BCUT2D eigenvalue weighted by atomic mass is 10.1. The summed E-state index contributed by atoms with van der Waals surface area (Å²) in [6.45, 7) is 2.85. The Morgan fingerprint density at radius 3 is 2.84 bits per heavy atom. The molecule has 19 heavy (non-hydrogen) atoms. The highest BCUT2D eigenvalue weighted by molar-refractivity contribution is 5.85. The van der Waals surface area contributed by atoms with Crippen LogP contribution in [0.25, 0.3) is 6.08 Å². The van der Waals surface area contributed by atoms with E-state index in [9.17, 15) is 14.9 Å². The molecule has 6 heteroatoms. The average molecular weight is 265 g/mol. The van der Waals surface area contributed by atoms with Crippen LogP contribution in [-0.2, 0) is 16.1 Å². The molecule has 0 aliphatic carbocycles. The number of non-ortho nitro benzene ring substituents is 1. The Morgan fingerprint density at radius 1 is 1.53 bits per heavy atom. The summed E-state index contributed by atoms with van der Waals surface area (Å²) < 4.78 is 5.37. The lowest BCUT2D eigenvalue weighted by Gasteiger charge is -2.06. The SMILES string of the molecule is CCCOCc1ccc([N+](=O)[O-])cc1/C=C/C(=O)O. The summed E-state index contributed by atoms with van der Waals surface area (Å²) in [5.41, 5.74) is 1.12. The van der Waals surface area contributed by atoms with Crippen LogP contribution >= 0.6 is 0 Å². The first-order valence-electron chi connectivity index (χ1n) is 5.80. The van der Waals surface area contributed by atoms with E-state index in [2.05, 4.69) is 0 Å². The number of nitro benzene ring substituents is 1. The smallest absolute Gasteiger partial charge is 0.328 e. The molecule has 0 aromatic heterocycles. The van der Waals surface area contributed by atoms with E-state index in [4.69, 9.17) is 9.84 Å². The third-order valence-electron chi connectivity index (χ3n) is 2.35. The first-order chi connectivity index (χ1) is 9.04. The number of benzene rings is 1. The Bertz CT molecular complexity index is 496. The first-order valence-corrected chi connectivity index (χ1v) is 5.80. The van der Waals surface area contributed by atoms with Gasteiger partial charge in [-0.2, -0.15) is 0 Å². The van der Waals surface area contributed by atoms with E-state index in [-0.39, 0.29) is 5.69 Å². The second-order valence-electron chi connectivity index (χ2n) is 3.86. The molecule has 0 saturated heterocycles. The summed E-state index contributed by atoms with van der Waals surface area (Å²) in [6.07, 6.45) is 3.15. The molecule has 1 aromatic rings. The minimum Gasteiger partial charge on any atom is -0.478 e. The van der Waals surface area contributed by atoms with E-state index < -0.39 is 10.9 Å². The number of ether oxygens (including phenoxy) is 1. The Morgan fingerprint density at radius 2 is 2.26 bits per heavy atom. The normalized spacial score (nSPS) is 10.8. The predicted molar refractivity (Wildman–Crippen MR) is 69.7 cm³/mol. The van der Waals surface area contributed by atoms with Gasteiger partial charge in [0.05, 0.1) is 11.5 Å². The van der Waals surface area contributed by atoms with Crippen LogP contribution in [0.4, 0.5) is 5.69 Å². The maximum atomic E-state index is 10.7. The van der Waals surface area contributed by atoms with Crippen molar-refractivity contribution in [2.45, 2.75) is 20.0 Å². The van der Waals surface area contributed by atoms with Crippen molar-refractivity contribution in [3.8, 4) is 0 Å². The fourth-order valence-corrected chi connectivity index (χ4v) is 1.47. The number of carboxylic acids is 1. The topological polar surface area (TPSA) is 89.7 Å². The molecule has 0 amide bonds. The lowest BCUT2D eigenvalue weighted by molar-refractivity contribution is -0.384. The van der Waals surface area contributed by atoms with Crippen LogP contribution in [0.5, 0.6) is 0 Å². The van der Waals surface area contributed by atoms with Crippen molar-refractivity contribution in [1.29, 1.82) is 0 Å². The standard InChI is InChI=1S/C13H15NO5/c1-2-7-19-9-11-3-5-12(14(17)18)8-10(11)4-6-13(15)16/h3-6,8H,2,7,9H2,1H3,(H,15,16)/b6-4+. The number of carboxylic acid groups (broad SMARTS) is 1. The van der Waals surface area contributed by atoms with E-state index >= 15 is 0 Å². The highest BCUT2D eigenvalue weighted by atomic mass is 16.6. The molecule has 0 unspecified atom stereocenters. The summed E-state index contributed by atoms with van der Waals surface area (Å²) in [4.78, 5) is 20.7. The molecule has 0 aliphatic heterocycles. The Balaban J connectivity index is 3.00. The summed E-state index contributed by atoms with van der Waals surface area (Å²) in [5, 5.41) is 19.3. The van der Waals surface area contributed by atoms with Crippen LogP contribution in [0, 0.1) is 10.1 Å². The molecule has 6 nitrogen and oxygen atoms in total. The van der Waals surface area contributed by atoms with Crippen LogP contribution in [0.15, 0.2) is 24.3 Å². The zero-order valence-electron chi connectivity index (χ0n) is 10.5. The van der Waals surface area contributed by atoms with Gasteiger partial charge in [-0.3, -0.25) is 10.1 Å². The zero-order valence-corrected chi connectivity index (χ0v) is 10.5. The molecule has 102 valence electrons. The highest BCUT2D eigenvalue weighted by Crippen LogP contribution is 2.20. The van der Waals surface area contributed by atoms with Crippen molar-refractivity contribution in [3.05, 3.63) is 45.5 Å². The number of carbonyl (C=O) groups is 1. The fourth-order valence-electron chi connectivity index (χ4n) is 1.47. The number of hydrogen-bond donors (Lipinski definition) is 1. The molecule has 1 aromatic carbocycles. The molecule has 1 rings (SSSR count). The van der Waals surface area contributed by atoms with Gasteiger partial charge in [0, 0.05) is 24.8 Å². The number of nitro groups is 1. The number of hydrogen-bond acceptors (Lipinski definition) is 4. The van der Waals surface area contributed by atoms with E-state index in [1.165, 1.54) is 18.2 Å². The van der Waals surface area contributed by atoms with Gasteiger partial charge in [-0.15, -0.1) is 0 Å². The Kier molecular flexibility index (Phi) is 5.69. The lowest BCUT2D eigenvalue weighted by Crippen LogP contribution is -1.98. The van der Waals surface area contributed by atoms with Gasteiger partial charge in [-0.1, -0.05) is 6.92 Å². The molecule has 0 heterocycles. The van der Waals surface area contributed by atoms with E-state index in [1.54, 1.807) is 6.07 Å². The molecule has 0 spiro atoms. The van der Waals surface area contributed by atoms with E-state index in [0.717, 1.165) is 18.1 Å². The van der Waals surface area contributed by atoms with Crippen LogP contribution in [-0.4, -0.2) is 22.6 Å². The average Bonchev–Trinajstić information content (AvgIpc) is 2.37. The molecule has 0 bridgehead atoms. The minimum atomic E-state index is -1.10. The van der Waals surface area contributed by atoms with Crippen molar-refractivity contribution >= 4 is 17.7 Å². The Hall–Kier alpha value is -2.21. The largest absolute Gasteiger partial charge is 0.478 e. The molecule has 0 fully saturated rings. The number of nitrogens with zero attached hydrogens (tertiary/aromatic N) is 1. The Labute approximate surface area is 110 Å². The van der Waals surface area contributed by atoms with Gasteiger partial charge >= 0.3 is 5.97 Å². The van der Waals surface area contributed by atoms with Gasteiger partial charge in [0.25, 0.3) is 5.69 Å². The van der Waals surface area contributed by atoms with E-state index in [0.29, 0.717) is 18.8 Å².